The predicted molar refractivity (Wildman–Crippen MR) is 67.0 cm³/mol. The highest BCUT2D eigenvalue weighted by atomic mass is 35.6. The van der Waals surface area contributed by atoms with Crippen molar-refractivity contribution in [3.63, 3.8) is 0 Å². The molecule has 1 aromatic carbocycles. The van der Waals surface area contributed by atoms with Crippen LogP contribution in [-0.2, 0) is 3.79 Å². The van der Waals surface area contributed by atoms with Gasteiger partial charge in [-0.1, -0.05) is 99.9 Å². The Labute approximate surface area is 113 Å². The lowest BCUT2D eigenvalue weighted by Gasteiger charge is -2.09. The molecule has 0 aliphatic heterocycles. The Bertz CT molecular complexity index is 237. The summed E-state index contributed by atoms with van der Waals surface area (Å²) in [7, 11) is 0. The van der Waals surface area contributed by atoms with Crippen LogP contribution in [0, 0.1) is 0 Å². The van der Waals surface area contributed by atoms with E-state index < -0.39 is 8.09 Å². The molecule has 0 N–H and O–H groups in total. The molecule has 0 heterocycles. The Morgan fingerprint density at radius 1 is 0.857 bits per heavy atom. The monoisotopic (exact) mass is 312 g/mol. The smallest absolute Gasteiger partial charge is 0.0874 e. The van der Waals surface area contributed by atoms with E-state index in [1.54, 1.807) is 12.1 Å². The SMILES string of the molecule is ClC(Cl)(Cl)c1ccccc1.ClC(Cl)Cl. The minimum Gasteiger partial charge on any atom is -0.0874 e. The molecule has 0 unspecified atom stereocenters. The third kappa shape index (κ3) is 8.28. The van der Waals surface area contributed by atoms with Gasteiger partial charge in [-0.05, 0) is 0 Å². The fourth-order valence-electron chi connectivity index (χ4n) is 0.627. The zero-order valence-corrected chi connectivity index (χ0v) is 11.3. The van der Waals surface area contributed by atoms with Gasteiger partial charge in [0, 0.05) is 5.56 Å². The molecule has 0 amide bonds. The average Bonchev–Trinajstić information content (AvgIpc) is 2.03. The quantitative estimate of drug-likeness (QED) is 0.555. The number of hydrogen-bond acceptors (Lipinski definition) is 0. The number of rotatable bonds is 0. The van der Waals surface area contributed by atoms with Gasteiger partial charge in [-0.15, -0.1) is 0 Å². The van der Waals surface area contributed by atoms with Crippen molar-refractivity contribution in [2.75, 3.05) is 0 Å². The van der Waals surface area contributed by atoms with Crippen molar-refractivity contribution in [3.05, 3.63) is 35.9 Å². The molecule has 14 heavy (non-hydrogen) atoms. The zero-order chi connectivity index (χ0) is 11.2. The Hall–Kier alpha value is 0.960. The van der Waals surface area contributed by atoms with Crippen molar-refractivity contribution in [2.24, 2.45) is 0 Å². The molecule has 6 heteroatoms. The van der Waals surface area contributed by atoms with Gasteiger partial charge in [0.15, 0.2) is 4.30 Å². The first-order chi connectivity index (χ1) is 6.34. The van der Waals surface area contributed by atoms with Gasteiger partial charge in [-0.3, -0.25) is 0 Å². The first kappa shape index (κ1) is 15.0. The summed E-state index contributed by atoms with van der Waals surface area (Å²) < 4.78 is -2.04. The van der Waals surface area contributed by atoms with E-state index in [9.17, 15) is 0 Å². The van der Waals surface area contributed by atoms with Crippen molar-refractivity contribution in [1.82, 2.24) is 0 Å². The summed E-state index contributed by atoms with van der Waals surface area (Å²) in [4.78, 5) is 0. The van der Waals surface area contributed by atoms with Crippen molar-refractivity contribution < 1.29 is 0 Å². The standard InChI is InChI=1S/C7H5Cl3.CHCl3/c8-7(9,10)6-4-2-1-3-5-6;2-1(3)4/h1-5H;1H. The molecule has 0 bridgehead atoms. The minimum atomic E-state index is -1.29. The molecule has 0 fully saturated rings. The van der Waals surface area contributed by atoms with Gasteiger partial charge in [0.2, 0.25) is 3.79 Å². The molecule has 0 aromatic heterocycles. The van der Waals surface area contributed by atoms with Gasteiger partial charge in [0.05, 0.1) is 0 Å². The Morgan fingerprint density at radius 3 is 1.43 bits per heavy atom. The van der Waals surface area contributed by atoms with E-state index in [1.165, 1.54) is 0 Å². The molecular formula is C8H6Cl6. The molecule has 0 aliphatic rings. The Morgan fingerprint density at radius 2 is 1.21 bits per heavy atom. The van der Waals surface area contributed by atoms with Gasteiger partial charge in [0.25, 0.3) is 0 Å². The highest BCUT2D eigenvalue weighted by molar-refractivity contribution is 6.66. The van der Waals surface area contributed by atoms with E-state index in [0.29, 0.717) is 5.56 Å². The molecule has 0 atom stereocenters. The number of alkyl halides is 6. The van der Waals surface area contributed by atoms with Crippen molar-refractivity contribution >= 4 is 69.6 Å². The molecule has 1 aromatic rings. The molecule has 1 rings (SSSR count). The predicted octanol–water partition coefficient (Wildman–Crippen LogP) is 5.50. The third-order valence-electron chi connectivity index (χ3n) is 1.10. The fourth-order valence-corrected chi connectivity index (χ4v) is 1.01. The van der Waals surface area contributed by atoms with Crippen LogP contribution in [-0.4, -0.2) is 4.30 Å². The highest BCUT2D eigenvalue weighted by Crippen LogP contribution is 2.37. The fraction of sp³-hybridized carbons (Fsp3) is 0.250. The van der Waals surface area contributed by atoms with E-state index in [4.69, 9.17) is 69.6 Å². The maximum atomic E-state index is 5.59. The second-order valence-corrected chi connectivity index (χ2v) is 6.37. The summed E-state index contributed by atoms with van der Waals surface area (Å²) in [5.41, 5.74) is 0.694. The number of benzene rings is 1. The summed E-state index contributed by atoms with van der Waals surface area (Å²) in [6, 6.07) is 9.08. The second-order valence-electron chi connectivity index (χ2n) is 2.11. The van der Waals surface area contributed by atoms with Gasteiger partial charge in [-0.2, -0.15) is 0 Å². The van der Waals surface area contributed by atoms with E-state index in [-0.39, 0.29) is 0 Å². The van der Waals surface area contributed by atoms with Crippen LogP contribution >= 0.6 is 69.6 Å². The van der Waals surface area contributed by atoms with Crippen LogP contribution in [0.4, 0.5) is 0 Å². The van der Waals surface area contributed by atoms with Gasteiger partial charge in [-0.25, -0.2) is 0 Å². The first-order valence-corrected chi connectivity index (χ1v) is 5.83. The van der Waals surface area contributed by atoms with Crippen molar-refractivity contribution in [2.45, 2.75) is 8.09 Å². The molecule has 0 radical (unpaired) electrons. The third-order valence-corrected chi connectivity index (χ3v) is 1.76. The van der Waals surface area contributed by atoms with Gasteiger partial charge < -0.3 is 0 Å². The van der Waals surface area contributed by atoms with E-state index in [1.807, 2.05) is 18.2 Å². The van der Waals surface area contributed by atoms with E-state index >= 15 is 0 Å². The maximum absolute atomic E-state index is 5.59. The highest BCUT2D eigenvalue weighted by Gasteiger charge is 2.21. The van der Waals surface area contributed by atoms with Crippen molar-refractivity contribution in [1.29, 1.82) is 0 Å². The molecule has 0 nitrogen and oxygen atoms in total. The van der Waals surface area contributed by atoms with Gasteiger partial charge >= 0.3 is 0 Å². The van der Waals surface area contributed by atoms with Crippen molar-refractivity contribution in [3.8, 4) is 0 Å². The number of halogens is 6. The lowest BCUT2D eigenvalue weighted by atomic mass is 10.2. The lowest BCUT2D eigenvalue weighted by Crippen LogP contribution is -1.98. The van der Waals surface area contributed by atoms with E-state index in [2.05, 4.69) is 0 Å². The van der Waals surface area contributed by atoms with Crippen LogP contribution < -0.4 is 0 Å². The molecule has 0 aliphatic carbocycles. The van der Waals surface area contributed by atoms with Crippen LogP contribution in [0.2, 0.25) is 0 Å². The minimum absolute atomic E-state index is 0.694. The Balaban J connectivity index is 0.000000364. The first-order valence-electron chi connectivity index (χ1n) is 3.38. The normalized spacial score (nSPS) is 10.8. The summed E-state index contributed by atoms with van der Waals surface area (Å²) >= 11 is 31.2. The van der Waals surface area contributed by atoms with Crippen LogP contribution in [0.25, 0.3) is 0 Å². The number of hydrogen-bond donors (Lipinski definition) is 0. The largest absolute Gasteiger partial charge is 0.216 e. The maximum Gasteiger partial charge on any atom is 0.216 e. The Kier molecular flexibility index (Phi) is 7.77. The molecular weight excluding hydrogens is 309 g/mol. The summed E-state index contributed by atoms with van der Waals surface area (Å²) in [5, 5.41) is 0. The lowest BCUT2D eigenvalue weighted by molar-refractivity contribution is 1.24. The van der Waals surface area contributed by atoms with Crippen LogP contribution in [0.5, 0.6) is 0 Å². The van der Waals surface area contributed by atoms with Crippen LogP contribution in [0.15, 0.2) is 30.3 Å². The van der Waals surface area contributed by atoms with Crippen LogP contribution in [0.3, 0.4) is 0 Å². The van der Waals surface area contributed by atoms with Gasteiger partial charge in [0.1, 0.15) is 0 Å². The molecule has 0 saturated heterocycles. The topological polar surface area (TPSA) is 0 Å². The molecule has 0 saturated carbocycles. The van der Waals surface area contributed by atoms with Crippen LogP contribution in [0.1, 0.15) is 5.56 Å². The molecule has 0 spiro atoms. The summed E-state index contributed by atoms with van der Waals surface area (Å²) in [6.45, 7) is 0. The second kappa shape index (κ2) is 7.27. The zero-order valence-electron chi connectivity index (χ0n) is 6.73. The van der Waals surface area contributed by atoms with E-state index in [0.717, 1.165) is 0 Å². The summed E-state index contributed by atoms with van der Waals surface area (Å²) in [6.07, 6.45) is 0. The summed E-state index contributed by atoms with van der Waals surface area (Å²) in [5.74, 6) is 0. The molecule has 80 valence electrons. The average molecular weight is 315 g/mol.